The SMILES string of the molecule is COCC(O)CN(C)C(=O)c1sc2nnccc2c1N. The number of methoxy groups -OCH3 is 1. The number of ether oxygens (including phenoxy) is 1. The fourth-order valence-corrected chi connectivity index (χ4v) is 2.88. The molecule has 1 amide bonds. The van der Waals surface area contributed by atoms with Crippen LogP contribution in [0.1, 0.15) is 9.67 Å². The van der Waals surface area contributed by atoms with Crippen LogP contribution in [0.25, 0.3) is 10.2 Å². The molecule has 0 radical (unpaired) electrons. The summed E-state index contributed by atoms with van der Waals surface area (Å²) < 4.78 is 4.83. The van der Waals surface area contributed by atoms with Gasteiger partial charge in [-0.15, -0.1) is 16.4 Å². The van der Waals surface area contributed by atoms with Crippen LogP contribution in [0.5, 0.6) is 0 Å². The molecule has 8 heteroatoms. The maximum absolute atomic E-state index is 12.3. The first-order chi connectivity index (χ1) is 9.54. The summed E-state index contributed by atoms with van der Waals surface area (Å²) in [5.41, 5.74) is 6.38. The number of carbonyl (C=O) groups excluding carboxylic acids is 1. The molecule has 0 saturated heterocycles. The van der Waals surface area contributed by atoms with E-state index >= 15 is 0 Å². The number of fused-ring (bicyclic) bond motifs is 1. The highest BCUT2D eigenvalue weighted by atomic mass is 32.1. The van der Waals surface area contributed by atoms with Crippen LogP contribution in [0.15, 0.2) is 12.3 Å². The molecule has 3 N–H and O–H groups in total. The van der Waals surface area contributed by atoms with E-state index in [0.717, 1.165) is 5.39 Å². The number of aromatic nitrogens is 2. The second kappa shape index (κ2) is 6.12. The fraction of sp³-hybridized carbons (Fsp3) is 0.417. The van der Waals surface area contributed by atoms with Crippen molar-refractivity contribution in [3.63, 3.8) is 0 Å². The maximum atomic E-state index is 12.3. The van der Waals surface area contributed by atoms with Crippen LogP contribution in [0.4, 0.5) is 5.69 Å². The van der Waals surface area contributed by atoms with Crippen LogP contribution in [0, 0.1) is 0 Å². The Bertz CT molecular complexity index is 616. The van der Waals surface area contributed by atoms with E-state index < -0.39 is 6.10 Å². The van der Waals surface area contributed by atoms with Gasteiger partial charge in [-0.1, -0.05) is 0 Å². The van der Waals surface area contributed by atoms with E-state index in [1.54, 1.807) is 13.1 Å². The van der Waals surface area contributed by atoms with Gasteiger partial charge in [0.25, 0.3) is 5.91 Å². The highest BCUT2D eigenvalue weighted by molar-refractivity contribution is 7.21. The lowest BCUT2D eigenvalue weighted by Gasteiger charge is -2.20. The molecule has 0 bridgehead atoms. The Hall–Kier alpha value is -1.77. The Kier molecular flexibility index (Phi) is 4.48. The van der Waals surface area contributed by atoms with Crippen molar-refractivity contribution in [2.75, 3.05) is 33.0 Å². The van der Waals surface area contributed by atoms with Crippen molar-refractivity contribution in [2.45, 2.75) is 6.10 Å². The van der Waals surface area contributed by atoms with Crippen molar-refractivity contribution < 1.29 is 14.6 Å². The van der Waals surface area contributed by atoms with E-state index in [4.69, 9.17) is 10.5 Å². The van der Waals surface area contributed by atoms with E-state index in [1.165, 1.54) is 29.5 Å². The first-order valence-electron chi connectivity index (χ1n) is 5.96. The standard InChI is InChI=1S/C12H16N4O3S/c1-16(5-7(17)6-19-2)12(18)10-9(13)8-3-4-14-15-11(8)20-10/h3-4,7,17H,5-6,13H2,1-2H3. The van der Waals surface area contributed by atoms with E-state index in [0.29, 0.717) is 15.4 Å². The van der Waals surface area contributed by atoms with Crippen molar-refractivity contribution in [3.8, 4) is 0 Å². The third-order valence-corrected chi connectivity index (χ3v) is 3.90. The Morgan fingerprint density at radius 1 is 1.65 bits per heavy atom. The minimum atomic E-state index is -0.732. The van der Waals surface area contributed by atoms with Gasteiger partial charge in [-0.2, -0.15) is 5.10 Å². The molecule has 0 aliphatic heterocycles. The molecule has 2 rings (SSSR count). The molecule has 108 valence electrons. The molecule has 0 saturated carbocycles. The third-order valence-electron chi connectivity index (χ3n) is 2.80. The lowest BCUT2D eigenvalue weighted by atomic mass is 10.2. The summed E-state index contributed by atoms with van der Waals surface area (Å²) in [5, 5.41) is 18.1. The molecule has 7 nitrogen and oxygen atoms in total. The lowest BCUT2D eigenvalue weighted by Crippen LogP contribution is -2.36. The van der Waals surface area contributed by atoms with Gasteiger partial charge in [0, 0.05) is 26.1 Å². The molecule has 0 fully saturated rings. The van der Waals surface area contributed by atoms with Crippen LogP contribution in [0.2, 0.25) is 0 Å². The Morgan fingerprint density at radius 2 is 2.40 bits per heavy atom. The summed E-state index contributed by atoms with van der Waals surface area (Å²) in [4.78, 5) is 14.8. The zero-order valence-corrected chi connectivity index (χ0v) is 12.1. The van der Waals surface area contributed by atoms with Crippen LogP contribution in [-0.4, -0.2) is 59.5 Å². The average molecular weight is 296 g/mol. The zero-order valence-electron chi connectivity index (χ0n) is 11.2. The van der Waals surface area contributed by atoms with Gasteiger partial charge in [-0.3, -0.25) is 4.79 Å². The Balaban J connectivity index is 2.20. The van der Waals surface area contributed by atoms with Gasteiger partial charge in [0.15, 0.2) is 0 Å². The first-order valence-corrected chi connectivity index (χ1v) is 6.78. The van der Waals surface area contributed by atoms with Gasteiger partial charge in [0.05, 0.1) is 24.6 Å². The summed E-state index contributed by atoms with van der Waals surface area (Å²) >= 11 is 1.20. The molecule has 0 aromatic carbocycles. The Labute approximate surface area is 120 Å². The van der Waals surface area contributed by atoms with Gasteiger partial charge in [-0.05, 0) is 6.07 Å². The van der Waals surface area contributed by atoms with Crippen LogP contribution in [-0.2, 0) is 4.74 Å². The number of carbonyl (C=O) groups is 1. The molecule has 2 heterocycles. The molecule has 2 aromatic heterocycles. The number of nitrogens with zero attached hydrogens (tertiary/aromatic N) is 3. The van der Waals surface area contributed by atoms with Crippen molar-refractivity contribution >= 4 is 33.1 Å². The smallest absolute Gasteiger partial charge is 0.265 e. The highest BCUT2D eigenvalue weighted by Crippen LogP contribution is 2.32. The molecule has 20 heavy (non-hydrogen) atoms. The first kappa shape index (κ1) is 14.6. The van der Waals surface area contributed by atoms with Crippen molar-refractivity contribution in [1.29, 1.82) is 0 Å². The van der Waals surface area contributed by atoms with E-state index in [1.807, 2.05) is 0 Å². The largest absolute Gasteiger partial charge is 0.397 e. The quantitative estimate of drug-likeness (QED) is 0.825. The number of anilines is 1. The fourth-order valence-electron chi connectivity index (χ4n) is 1.85. The summed E-state index contributed by atoms with van der Waals surface area (Å²) in [6, 6.07) is 1.73. The predicted octanol–water partition coefficient (Wildman–Crippen LogP) is 0.353. The van der Waals surface area contributed by atoms with Crippen molar-refractivity contribution in [3.05, 3.63) is 17.1 Å². The number of aliphatic hydroxyl groups is 1. The minimum Gasteiger partial charge on any atom is -0.397 e. The summed E-state index contributed by atoms with van der Waals surface area (Å²) in [5.74, 6) is -0.249. The van der Waals surface area contributed by atoms with Gasteiger partial charge in [-0.25, -0.2) is 0 Å². The second-order valence-corrected chi connectivity index (χ2v) is 5.39. The molecule has 2 aromatic rings. The average Bonchev–Trinajstić information content (AvgIpc) is 2.76. The molecule has 1 atom stereocenters. The normalized spacial score (nSPS) is 12.6. The number of nitrogens with two attached hydrogens (primary N) is 1. The molecule has 0 spiro atoms. The van der Waals surface area contributed by atoms with Crippen LogP contribution >= 0.6 is 11.3 Å². The topological polar surface area (TPSA) is 102 Å². The number of nitrogen functional groups attached to an aromatic ring is 1. The Morgan fingerprint density at radius 3 is 3.05 bits per heavy atom. The van der Waals surface area contributed by atoms with Gasteiger partial charge >= 0.3 is 0 Å². The second-order valence-electron chi connectivity index (χ2n) is 4.39. The number of aliphatic hydroxyl groups excluding tert-OH is 1. The lowest BCUT2D eigenvalue weighted by molar-refractivity contribution is 0.0382. The van der Waals surface area contributed by atoms with Crippen molar-refractivity contribution in [1.82, 2.24) is 15.1 Å². The number of thiophene rings is 1. The number of rotatable bonds is 5. The molecular formula is C12H16N4O3S. The van der Waals surface area contributed by atoms with E-state index in [-0.39, 0.29) is 19.1 Å². The molecule has 0 aliphatic carbocycles. The van der Waals surface area contributed by atoms with Crippen LogP contribution in [0.3, 0.4) is 0 Å². The third kappa shape index (κ3) is 2.87. The number of amides is 1. The number of hydrogen-bond donors (Lipinski definition) is 2. The summed E-state index contributed by atoms with van der Waals surface area (Å²) in [6.07, 6.45) is 0.801. The number of likely N-dealkylation sites (N-methyl/N-ethyl adjacent to an activating group) is 1. The van der Waals surface area contributed by atoms with E-state index in [2.05, 4.69) is 10.2 Å². The van der Waals surface area contributed by atoms with Gasteiger partial charge in [0.2, 0.25) is 0 Å². The monoisotopic (exact) mass is 296 g/mol. The highest BCUT2D eigenvalue weighted by Gasteiger charge is 2.21. The van der Waals surface area contributed by atoms with Crippen molar-refractivity contribution in [2.24, 2.45) is 0 Å². The molecular weight excluding hydrogens is 280 g/mol. The molecule has 0 aliphatic rings. The van der Waals surface area contributed by atoms with Gasteiger partial charge < -0.3 is 20.5 Å². The van der Waals surface area contributed by atoms with Gasteiger partial charge in [0.1, 0.15) is 9.71 Å². The van der Waals surface area contributed by atoms with Crippen LogP contribution < -0.4 is 5.73 Å². The minimum absolute atomic E-state index is 0.172. The molecule has 1 unspecified atom stereocenters. The maximum Gasteiger partial charge on any atom is 0.265 e. The summed E-state index contributed by atoms with van der Waals surface area (Å²) in [6.45, 7) is 0.344. The predicted molar refractivity (Wildman–Crippen MR) is 76.7 cm³/mol. The van der Waals surface area contributed by atoms with E-state index in [9.17, 15) is 9.90 Å². The zero-order chi connectivity index (χ0) is 14.7. The summed E-state index contributed by atoms with van der Waals surface area (Å²) in [7, 11) is 3.10. The number of hydrogen-bond acceptors (Lipinski definition) is 7.